The highest BCUT2D eigenvalue weighted by atomic mass is 127. The number of hydrogen-bond donors (Lipinski definition) is 0. The molecule has 2 aromatic rings. The van der Waals surface area contributed by atoms with Crippen molar-refractivity contribution >= 4 is 45.6 Å². The van der Waals surface area contributed by atoms with Crippen LogP contribution in [0.1, 0.15) is 31.1 Å². The molecule has 0 spiro atoms. The Morgan fingerprint density at radius 1 is 1.35 bits per heavy atom. The number of carbonyl (C=O) groups is 2. The fourth-order valence-electron chi connectivity index (χ4n) is 1.65. The summed E-state index contributed by atoms with van der Waals surface area (Å²) in [6.45, 7) is 5.23. The molecular weight excluding hydrogens is 375 g/mol. The Morgan fingerprint density at radius 3 is 2.55 bits per heavy atom. The number of benzene rings is 1. The van der Waals surface area contributed by atoms with Crippen LogP contribution in [0.4, 0.5) is 4.79 Å². The Hall–Kier alpha value is -1.64. The van der Waals surface area contributed by atoms with Gasteiger partial charge in [0.05, 0.1) is 11.5 Å². The van der Waals surface area contributed by atoms with Crippen LogP contribution in [0.2, 0.25) is 0 Å². The summed E-state index contributed by atoms with van der Waals surface area (Å²) in [6, 6.07) is 4.36. The lowest BCUT2D eigenvalue weighted by molar-refractivity contribution is -0.255. The molecule has 0 N–H and O–H groups in total. The zero-order chi connectivity index (χ0) is 15.1. The molecule has 0 aliphatic carbocycles. The van der Waals surface area contributed by atoms with E-state index in [0.717, 1.165) is 4.68 Å². The van der Waals surface area contributed by atoms with Crippen molar-refractivity contribution in [2.45, 2.75) is 26.4 Å². The lowest BCUT2D eigenvalue weighted by Crippen LogP contribution is -2.28. The van der Waals surface area contributed by atoms with E-state index in [9.17, 15) is 14.7 Å². The highest BCUT2D eigenvalue weighted by Gasteiger charge is 2.21. The molecule has 7 heteroatoms. The van der Waals surface area contributed by atoms with Crippen LogP contribution in [0.5, 0.6) is 0 Å². The lowest BCUT2D eigenvalue weighted by atomic mass is 10.2. The maximum atomic E-state index is 12.1. The summed E-state index contributed by atoms with van der Waals surface area (Å²) in [7, 11) is 0. The molecule has 0 unspecified atom stereocenters. The van der Waals surface area contributed by atoms with E-state index in [1.54, 1.807) is 26.8 Å². The molecule has 0 radical (unpaired) electrons. The third-order valence-electron chi connectivity index (χ3n) is 2.44. The zero-order valence-electron chi connectivity index (χ0n) is 11.1. The summed E-state index contributed by atoms with van der Waals surface area (Å²) >= 11 is 1.98. The molecule has 6 nitrogen and oxygen atoms in total. The molecule has 1 aromatic heterocycles. The van der Waals surface area contributed by atoms with Crippen molar-refractivity contribution in [3.63, 3.8) is 0 Å². The standard InChI is InChI=1S/C13H13IN2O4/c1-13(2,3)20-12(19)16-9-6-7(11(17)18)4-5-8(9)10(14)15-16/h4-6H,1-3H3,(H,17,18)/p-1. The van der Waals surface area contributed by atoms with Crippen LogP contribution in [-0.4, -0.2) is 27.4 Å². The zero-order valence-corrected chi connectivity index (χ0v) is 13.3. The Kier molecular flexibility index (Phi) is 3.72. The van der Waals surface area contributed by atoms with Gasteiger partial charge in [-0.25, -0.2) is 4.79 Å². The fourth-order valence-corrected chi connectivity index (χ4v) is 2.32. The number of halogens is 1. The van der Waals surface area contributed by atoms with Crippen molar-refractivity contribution in [2.24, 2.45) is 0 Å². The minimum atomic E-state index is -1.31. The molecular formula is C13H12IN2O4-. The largest absolute Gasteiger partial charge is 0.545 e. The second kappa shape index (κ2) is 5.04. The minimum Gasteiger partial charge on any atom is -0.545 e. The van der Waals surface area contributed by atoms with Gasteiger partial charge in [0, 0.05) is 5.39 Å². The average Bonchev–Trinajstić information content (AvgIpc) is 2.64. The summed E-state index contributed by atoms with van der Waals surface area (Å²) < 4.78 is 6.90. The SMILES string of the molecule is CC(C)(C)OC(=O)n1nc(I)c2ccc(C(=O)[O-])cc21. The highest BCUT2D eigenvalue weighted by molar-refractivity contribution is 14.1. The minimum absolute atomic E-state index is 0.0152. The maximum Gasteiger partial charge on any atom is 0.435 e. The number of rotatable bonds is 1. The number of ether oxygens (including phenoxy) is 1. The van der Waals surface area contributed by atoms with Crippen LogP contribution in [-0.2, 0) is 4.74 Å². The van der Waals surface area contributed by atoms with Crippen molar-refractivity contribution in [3.8, 4) is 0 Å². The summed E-state index contributed by atoms with van der Waals surface area (Å²) in [5, 5.41) is 15.7. The van der Waals surface area contributed by atoms with Gasteiger partial charge >= 0.3 is 6.09 Å². The first-order chi connectivity index (χ1) is 9.19. The molecule has 0 aliphatic heterocycles. The summed E-state index contributed by atoms with van der Waals surface area (Å²) in [4.78, 5) is 23.0. The lowest BCUT2D eigenvalue weighted by Gasteiger charge is -2.19. The van der Waals surface area contributed by atoms with Crippen LogP contribution < -0.4 is 5.11 Å². The predicted octanol–water partition coefficient (Wildman–Crippen LogP) is 1.79. The molecule has 0 saturated carbocycles. The van der Waals surface area contributed by atoms with Gasteiger partial charge in [-0.3, -0.25) is 0 Å². The van der Waals surface area contributed by atoms with Gasteiger partial charge in [0.25, 0.3) is 0 Å². The number of carboxylic acid groups (broad SMARTS) is 1. The number of fused-ring (bicyclic) bond motifs is 1. The summed E-state index contributed by atoms with van der Waals surface area (Å²) in [5.41, 5.74) is -0.295. The quantitative estimate of drug-likeness (QED) is 0.697. The van der Waals surface area contributed by atoms with Gasteiger partial charge in [0.2, 0.25) is 0 Å². The molecule has 0 bridgehead atoms. The predicted molar refractivity (Wildman–Crippen MR) is 78.4 cm³/mol. The molecule has 0 fully saturated rings. The third kappa shape index (κ3) is 2.92. The number of carbonyl (C=O) groups excluding carboxylic acids is 2. The Labute approximate surface area is 128 Å². The van der Waals surface area contributed by atoms with Gasteiger partial charge in [0.1, 0.15) is 9.30 Å². The molecule has 20 heavy (non-hydrogen) atoms. The molecule has 1 aromatic carbocycles. The van der Waals surface area contributed by atoms with E-state index < -0.39 is 17.7 Å². The van der Waals surface area contributed by atoms with E-state index in [2.05, 4.69) is 5.10 Å². The second-order valence-electron chi connectivity index (χ2n) is 5.20. The van der Waals surface area contributed by atoms with Crippen LogP contribution in [0.3, 0.4) is 0 Å². The van der Waals surface area contributed by atoms with Crippen LogP contribution in [0.15, 0.2) is 18.2 Å². The van der Waals surface area contributed by atoms with Crippen molar-refractivity contribution < 1.29 is 19.4 Å². The van der Waals surface area contributed by atoms with E-state index in [1.807, 2.05) is 22.6 Å². The molecule has 0 amide bonds. The van der Waals surface area contributed by atoms with Gasteiger partial charge in [0.15, 0.2) is 0 Å². The first kappa shape index (κ1) is 14.8. The Morgan fingerprint density at radius 2 is 2.00 bits per heavy atom. The van der Waals surface area contributed by atoms with E-state index >= 15 is 0 Å². The summed E-state index contributed by atoms with van der Waals surface area (Å²) in [5.74, 6) is -1.31. The number of aromatic carboxylic acids is 1. The first-order valence-electron chi connectivity index (χ1n) is 5.82. The van der Waals surface area contributed by atoms with Crippen molar-refractivity contribution in [1.82, 2.24) is 9.78 Å². The van der Waals surface area contributed by atoms with Gasteiger partial charge in [-0.2, -0.15) is 9.78 Å². The Balaban J connectivity index is 2.55. The highest BCUT2D eigenvalue weighted by Crippen LogP contribution is 2.22. The molecule has 106 valence electrons. The van der Waals surface area contributed by atoms with E-state index in [0.29, 0.717) is 14.6 Å². The number of hydrogen-bond acceptors (Lipinski definition) is 5. The smallest absolute Gasteiger partial charge is 0.435 e. The van der Waals surface area contributed by atoms with E-state index in [-0.39, 0.29) is 5.56 Å². The number of nitrogens with zero attached hydrogens (tertiary/aromatic N) is 2. The molecule has 1 heterocycles. The normalized spacial score (nSPS) is 11.6. The molecule has 0 atom stereocenters. The van der Waals surface area contributed by atoms with Gasteiger partial charge in [-0.15, -0.1) is 0 Å². The molecule has 2 rings (SSSR count). The number of carboxylic acids is 1. The van der Waals surface area contributed by atoms with E-state index in [4.69, 9.17) is 4.74 Å². The van der Waals surface area contributed by atoms with Crippen LogP contribution >= 0.6 is 22.6 Å². The topological polar surface area (TPSA) is 84.2 Å². The fraction of sp³-hybridized carbons (Fsp3) is 0.308. The van der Waals surface area contributed by atoms with Crippen LogP contribution in [0.25, 0.3) is 10.9 Å². The summed E-state index contributed by atoms with van der Waals surface area (Å²) in [6.07, 6.45) is -0.652. The van der Waals surface area contributed by atoms with Gasteiger partial charge in [-0.1, -0.05) is 6.07 Å². The van der Waals surface area contributed by atoms with Crippen molar-refractivity contribution in [1.29, 1.82) is 0 Å². The average molecular weight is 387 g/mol. The van der Waals surface area contributed by atoms with Crippen LogP contribution in [0, 0.1) is 3.70 Å². The van der Waals surface area contributed by atoms with Crippen molar-refractivity contribution in [2.75, 3.05) is 0 Å². The first-order valence-corrected chi connectivity index (χ1v) is 6.90. The second-order valence-corrected chi connectivity index (χ2v) is 6.22. The van der Waals surface area contributed by atoms with Gasteiger partial charge < -0.3 is 14.6 Å². The van der Waals surface area contributed by atoms with E-state index in [1.165, 1.54) is 12.1 Å². The monoisotopic (exact) mass is 387 g/mol. The number of aromatic nitrogens is 2. The third-order valence-corrected chi connectivity index (χ3v) is 3.23. The van der Waals surface area contributed by atoms with Crippen molar-refractivity contribution in [3.05, 3.63) is 27.5 Å². The Bertz CT molecular complexity index is 700. The maximum absolute atomic E-state index is 12.1. The molecule has 0 aliphatic rings. The van der Waals surface area contributed by atoms with Gasteiger partial charge in [-0.05, 0) is 61.1 Å². The molecule has 0 saturated heterocycles.